The van der Waals surface area contributed by atoms with Crippen molar-refractivity contribution < 1.29 is 23.1 Å². The minimum atomic E-state index is -0.475. The molecule has 0 unspecified atom stereocenters. The summed E-state index contributed by atoms with van der Waals surface area (Å²) in [6.45, 7) is 1.42. The second-order valence-corrected chi connectivity index (χ2v) is 9.86. The van der Waals surface area contributed by atoms with Crippen LogP contribution in [-0.2, 0) is 29.7 Å². The highest BCUT2D eigenvalue weighted by Gasteiger charge is 2.28. The van der Waals surface area contributed by atoms with Gasteiger partial charge in [0, 0.05) is 30.5 Å². The van der Waals surface area contributed by atoms with Gasteiger partial charge in [-0.1, -0.05) is 75.5 Å². The monoisotopic (exact) mass is 664 g/mol. The molecule has 3 heterocycles. The summed E-state index contributed by atoms with van der Waals surface area (Å²) in [6, 6.07) is 19.1. The number of nitrogens with two attached hydrogens (primary N) is 1. The Kier molecular flexibility index (Phi) is 12.2. The molecule has 5 rings (SSSR count). The minimum Gasteiger partial charge on any atom is -0.464 e. The average molecular weight is 666 g/mol. The van der Waals surface area contributed by atoms with Gasteiger partial charge in [0.2, 0.25) is 0 Å². The number of halogens is 5. The number of fused-ring (bicyclic) bond motifs is 1. The number of methoxy groups -OCH3 is 1. The van der Waals surface area contributed by atoms with Crippen LogP contribution in [0.3, 0.4) is 0 Å². The van der Waals surface area contributed by atoms with Crippen LogP contribution in [0.15, 0.2) is 72.8 Å². The fourth-order valence-electron chi connectivity index (χ4n) is 3.61. The number of nitrogens with zero attached hydrogens (tertiary/aromatic N) is 3. The summed E-state index contributed by atoms with van der Waals surface area (Å²) in [5.41, 5.74) is 9.42. The lowest BCUT2D eigenvalue weighted by molar-refractivity contribution is 0.0592. The molecular formula is C29H25BrCl2F2N4O3. The van der Waals surface area contributed by atoms with E-state index in [1.165, 1.54) is 31.4 Å². The van der Waals surface area contributed by atoms with Crippen molar-refractivity contribution in [2.75, 3.05) is 7.11 Å². The Bertz CT molecular complexity index is 1490. The van der Waals surface area contributed by atoms with Crippen molar-refractivity contribution in [1.29, 1.82) is 0 Å². The molecule has 214 valence electrons. The van der Waals surface area contributed by atoms with Crippen molar-refractivity contribution in [2.45, 2.75) is 25.0 Å². The van der Waals surface area contributed by atoms with E-state index in [9.17, 15) is 18.4 Å². The average Bonchev–Trinajstić information content (AvgIpc) is 3.28. The quantitative estimate of drug-likeness (QED) is 0.144. The number of esters is 1. The Morgan fingerprint density at radius 1 is 0.927 bits per heavy atom. The SMILES string of the molecule is COC(=O)c1nc(Cl)ccc1CBr.NCc1ccc(F)cc1.O=C1c2nc(Cl)ccc2CN1Cc1ccc(F)cc1. The molecule has 0 bridgehead atoms. The maximum atomic E-state index is 12.8. The third-order valence-electron chi connectivity index (χ3n) is 5.70. The zero-order chi connectivity index (χ0) is 29.9. The fourth-order valence-corrected chi connectivity index (χ4v) is 4.36. The smallest absolute Gasteiger partial charge is 0.357 e. The Morgan fingerprint density at radius 3 is 2.05 bits per heavy atom. The lowest BCUT2D eigenvalue weighted by Crippen LogP contribution is -2.23. The summed E-state index contributed by atoms with van der Waals surface area (Å²) in [5, 5.41) is 1.14. The van der Waals surface area contributed by atoms with Gasteiger partial charge in [0.25, 0.3) is 5.91 Å². The molecule has 0 spiro atoms. The maximum Gasteiger partial charge on any atom is 0.357 e. The Labute approximate surface area is 254 Å². The van der Waals surface area contributed by atoms with Gasteiger partial charge in [-0.15, -0.1) is 0 Å². The molecule has 12 heteroatoms. The number of benzene rings is 2. The number of rotatable bonds is 5. The second-order valence-electron chi connectivity index (χ2n) is 8.53. The van der Waals surface area contributed by atoms with Gasteiger partial charge >= 0.3 is 5.97 Å². The number of carbonyl (C=O) groups is 2. The highest BCUT2D eigenvalue weighted by atomic mass is 79.9. The van der Waals surface area contributed by atoms with E-state index in [0.717, 1.165) is 22.3 Å². The van der Waals surface area contributed by atoms with Gasteiger partial charge in [-0.3, -0.25) is 4.79 Å². The molecule has 41 heavy (non-hydrogen) atoms. The Balaban J connectivity index is 0.000000183. The number of alkyl halides is 1. The number of hydrogen-bond acceptors (Lipinski definition) is 6. The van der Waals surface area contributed by atoms with E-state index in [0.29, 0.717) is 35.8 Å². The fraction of sp³-hybridized carbons (Fsp3) is 0.172. The molecule has 7 nitrogen and oxygen atoms in total. The number of ether oxygens (including phenoxy) is 1. The molecule has 2 aromatic heterocycles. The zero-order valence-electron chi connectivity index (χ0n) is 21.8. The van der Waals surface area contributed by atoms with E-state index in [2.05, 4.69) is 30.6 Å². The molecule has 2 aromatic carbocycles. The first kappa shape index (κ1) is 32.1. The van der Waals surface area contributed by atoms with Crippen LogP contribution in [0.2, 0.25) is 10.3 Å². The van der Waals surface area contributed by atoms with Crippen molar-refractivity contribution >= 4 is 51.0 Å². The van der Waals surface area contributed by atoms with Crippen LogP contribution >= 0.6 is 39.1 Å². The molecule has 0 saturated heterocycles. The van der Waals surface area contributed by atoms with E-state index in [4.69, 9.17) is 28.9 Å². The summed E-state index contributed by atoms with van der Waals surface area (Å²) in [4.78, 5) is 32.9. The minimum absolute atomic E-state index is 0.137. The van der Waals surface area contributed by atoms with Crippen molar-refractivity contribution in [3.05, 3.63) is 128 Å². The van der Waals surface area contributed by atoms with E-state index < -0.39 is 5.97 Å². The second kappa shape index (κ2) is 15.5. The molecule has 1 aliphatic heterocycles. The van der Waals surface area contributed by atoms with Gasteiger partial charge in [-0.25, -0.2) is 23.5 Å². The first-order valence-corrected chi connectivity index (χ1v) is 14.0. The summed E-state index contributed by atoms with van der Waals surface area (Å²) in [5.74, 6) is -1.11. The van der Waals surface area contributed by atoms with Crippen molar-refractivity contribution in [3.8, 4) is 0 Å². The summed E-state index contributed by atoms with van der Waals surface area (Å²) >= 11 is 14.7. The molecule has 1 aliphatic rings. The van der Waals surface area contributed by atoms with E-state index >= 15 is 0 Å². The van der Waals surface area contributed by atoms with E-state index in [-0.39, 0.29) is 28.4 Å². The molecule has 0 radical (unpaired) electrons. The van der Waals surface area contributed by atoms with E-state index in [1.54, 1.807) is 47.4 Å². The molecule has 0 saturated carbocycles. The van der Waals surface area contributed by atoms with Gasteiger partial charge in [-0.05, 0) is 53.1 Å². The first-order valence-electron chi connectivity index (χ1n) is 12.1. The molecule has 0 atom stereocenters. The van der Waals surface area contributed by atoms with Crippen LogP contribution in [0.5, 0.6) is 0 Å². The van der Waals surface area contributed by atoms with E-state index in [1.807, 2.05) is 6.07 Å². The van der Waals surface area contributed by atoms with Crippen LogP contribution in [0, 0.1) is 11.6 Å². The van der Waals surface area contributed by atoms with Crippen LogP contribution in [0.1, 0.15) is 43.2 Å². The predicted octanol–water partition coefficient (Wildman–Crippen LogP) is 6.73. The van der Waals surface area contributed by atoms with Gasteiger partial charge in [-0.2, -0.15) is 0 Å². The van der Waals surface area contributed by atoms with Crippen molar-refractivity contribution in [2.24, 2.45) is 5.73 Å². The Hall–Kier alpha value is -3.44. The van der Waals surface area contributed by atoms with Crippen LogP contribution in [0.25, 0.3) is 0 Å². The highest BCUT2D eigenvalue weighted by molar-refractivity contribution is 9.08. The third kappa shape index (κ3) is 9.29. The van der Waals surface area contributed by atoms with Gasteiger partial charge in [0.05, 0.1) is 7.11 Å². The molecule has 1 amide bonds. The Morgan fingerprint density at radius 2 is 1.49 bits per heavy atom. The van der Waals surface area contributed by atoms with Crippen LogP contribution in [-0.4, -0.2) is 33.9 Å². The number of aromatic nitrogens is 2. The van der Waals surface area contributed by atoms with Crippen molar-refractivity contribution in [3.63, 3.8) is 0 Å². The van der Waals surface area contributed by atoms with Gasteiger partial charge < -0.3 is 15.4 Å². The summed E-state index contributed by atoms with van der Waals surface area (Å²) in [7, 11) is 1.31. The molecule has 0 fully saturated rings. The lowest BCUT2D eigenvalue weighted by Gasteiger charge is -2.15. The van der Waals surface area contributed by atoms with Crippen LogP contribution < -0.4 is 5.73 Å². The van der Waals surface area contributed by atoms with Crippen molar-refractivity contribution in [1.82, 2.24) is 14.9 Å². The number of hydrogen-bond donors (Lipinski definition) is 1. The number of carbonyl (C=O) groups excluding carboxylic acids is 2. The number of pyridine rings is 2. The molecular weight excluding hydrogens is 641 g/mol. The summed E-state index contributed by atoms with van der Waals surface area (Å²) in [6.07, 6.45) is 0. The first-order chi connectivity index (χ1) is 19.6. The lowest BCUT2D eigenvalue weighted by atomic mass is 10.2. The topological polar surface area (TPSA) is 98.4 Å². The maximum absolute atomic E-state index is 12.8. The summed E-state index contributed by atoms with van der Waals surface area (Å²) < 4.78 is 29.6. The van der Waals surface area contributed by atoms with Gasteiger partial charge in [0.1, 0.15) is 27.6 Å². The highest BCUT2D eigenvalue weighted by Crippen LogP contribution is 2.24. The largest absolute Gasteiger partial charge is 0.464 e. The normalized spacial score (nSPS) is 11.6. The molecule has 4 aromatic rings. The predicted molar refractivity (Wildman–Crippen MR) is 157 cm³/mol. The molecule has 2 N–H and O–H groups in total. The standard InChI is InChI=1S/C14H10ClFN2O.C8H7BrClNO2.C7H8FN/c15-12-6-3-10-8-18(14(19)13(10)17-12)7-9-1-4-11(16)5-2-9;1-13-8(12)7-5(4-9)2-3-6(10)11-7;8-7-3-1-6(5-9)2-4-7/h1-6H,7-8H2;2-3H,4H2,1H3;1-4H,5,9H2. The van der Waals surface area contributed by atoms with Crippen LogP contribution in [0.4, 0.5) is 8.78 Å². The number of amides is 1. The van der Waals surface area contributed by atoms with Gasteiger partial charge in [0.15, 0.2) is 5.69 Å². The molecule has 0 aliphatic carbocycles. The zero-order valence-corrected chi connectivity index (χ0v) is 24.9. The third-order valence-corrected chi connectivity index (χ3v) is 6.72.